The van der Waals surface area contributed by atoms with Gasteiger partial charge in [-0.3, -0.25) is 14.9 Å². The summed E-state index contributed by atoms with van der Waals surface area (Å²) in [6, 6.07) is 3.62. The van der Waals surface area contributed by atoms with Gasteiger partial charge in [-0.2, -0.15) is 4.31 Å². The number of benzene rings is 1. The molecule has 2 saturated heterocycles. The smallest absolute Gasteiger partial charge is 0.243 e. The Morgan fingerprint density at radius 1 is 1.23 bits per heavy atom. The maximum absolute atomic E-state index is 13.0. The number of nitro groups is 1. The molecule has 12 heteroatoms. The van der Waals surface area contributed by atoms with Crippen molar-refractivity contribution in [3.63, 3.8) is 0 Å². The number of morpholine rings is 1. The van der Waals surface area contributed by atoms with E-state index in [-0.39, 0.29) is 36.2 Å². The van der Waals surface area contributed by atoms with E-state index in [1.54, 1.807) is 6.07 Å². The molecule has 1 aromatic rings. The topological polar surface area (TPSA) is 140 Å². The molecular weight excluding hydrogens is 428 g/mol. The summed E-state index contributed by atoms with van der Waals surface area (Å²) in [5.74, 6) is -1.19. The molecule has 3 unspecified atom stereocenters. The highest BCUT2D eigenvalue weighted by molar-refractivity contribution is 7.89. The normalized spacial score (nSPS) is 26.4. The number of nitrogens with one attached hydrogen (secondary N) is 2. The Bertz CT molecular complexity index is 943. The molecule has 0 radical (unpaired) electrons. The third-order valence-corrected chi connectivity index (χ3v) is 7.66. The van der Waals surface area contributed by atoms with Crippen LogP contribution in [0, 0.1) is 16.0 Å². The fourth-order valence-corrected chi connectivity index (χ4v) is 5.26. The molecule has 3 fully saturated rings. The van der Waals surface area contributed by atoms with Crippen molar-refractivity contribution in [2.45, 2.75) is 36.3 Å². The van der Waals surface area contributed by atoms with Crippen LogP contribution < -0.4 is 10.6 Å². The average molecular weight is 455 g/mol. The van der Waals surface area contributed by atoms with Crippen LogP contribution in [-0.4, -0.2) is 75.2 Å². The number of amides is 1. The van der Waals surface area contributed by atoms with Crippen LogP contribution in [0.2, 0.25) is 0 Å². The van der Waals surface area contributed by atoms with Crippen molar-refractivity contribution < 1.29 is 27.6 Å². The molecule has 2 heterocycles. The minimum Gasteiger partial charge on any atom is -0.381 e. The Balaban J connectivity index is 1.55. The molecule has 3 atom stereocenters. The third-order valence-electron chi connectivity index (χ3n) is 5.77. The van der Waals surface area contributed by atoms with Gasteiger partial charge >= 0.3 is 0 Å². The monoisotopic (exact) mass is 454 g/mol. The maximum Gasteiger partial charge on any atom is 0.243 e. The fourth-order valence-electron chi connectivity index (χ4n) is 3.83. The predicted octanol–water partition coefficient (Wildman–Crippen LogP) is 0.902. The molecule has 0 bridgehead atoms. The van der Waals surface area contributed by atoms with Crippen molar-refractivity contribution in [1.82, 2.24) is 4.31 Å². The van der Waals surface area contributed by atoms with E-state index >= 15 is 0 Å². The molecule has 31 heavy (non-hydrogen) atoms. The molecule has 170 valence electrons. The molecule has 1 amide bonds. The van der Waals surface area contributed by atoms with Crippen molar-refractivity contribution in [2.24, 2.45) is 5.92 Å². The zero-order valence-electron chi connectivity index (χ0n) is 17.0. The maximum atomic E-state index is 13.0. The number of anilines is 2. The van der Waals surface area contributed by atoms with E-state index in [0.29, 0.717) is 32.1 Å². The Morgan fingerprint density at radius 2 is 2.00 bits per heavy atom. The van der Waals surface area contributed by atoms with Crippen molar-refractivity contribution in [1.29, 1.82) is 0 Å². The summed E-state index contributed by atoms with van der Waals surface area (Å²) in [6.07, 6.45) is 2.13. The first kappa shape index (κ1) is 21.9. The van der Waals surface area contributed by atoms with Gasteiger partial charge in [0.25, 0.3) is 0 Å². The van der Waals surface area contributed by atoms with Crippen molar-refractivity contribution >= 4 is 27.3 Å². The number of hydrogen-bond donors (Lipinski definition) is 2. The summed E-state index contributed by atoms with van der Waals surface area (Å²) in [5.41, 5.74) is 0.828. The number of hydrogen-bond acceptors (Lipinski definition) is 8. The van der Waals surface area contributed by atoms with Crippen LogP contribution in [0.15, 0.2) is 23.1 Å². The summed E-state index contributed by atoms with van der Waals surface area (Å²) < 4.78 is 38.2. The first-order chi connectivity index (χ1) is 14.9. The van der Waals surface area contributed by atoms with Crippen molar-refractivity contribution in [3.05, 3.63) is 28.3 Å². The molecule has 0 aromatic heterocycles. The van der Waals surface area contributed by atoms with Crippen LogP contribution in [0.4, 0.5) is 11.4 Å². The van der Waals surface area contributed by atoms with Gasteiger partial charge in [0.1, 0.15) is 5.92 Å². The van der Waals surface area contributed by atoms with Crippen molar-refractivity contribution in [2.75, 3.05) is 50.1 Å². The lowest BCUT2D eigenvalue weighted by molar-refractivity contribution is -0.497. The van der Waals surface area contributed by atoms with E-state index in [9.17, 15) is 23.3 Å². The summed E-state index contributed by atoms with van der Waals surface area (Å²) in [7, 11) is -3.76. The van der Waals surface area contributed by atoms with Gasteiger partial charge in [-0.05, 0) is 31.0 Å². The number of sulfonamides is 1. The van der Waals surface area contributed by atoms with Gasteiger partial charge in [-0.25, -0.2) is 8.42 Å². The molecule has 2 N–H and O–H groups in total. The van der Waals surface area contributed by atoms with E-state index < -0.39 is 32.8 Å². The number of carbonyl (C=O) groups excluding carboxylic acids is 1. The number of ether oxygens (including phenoxy) is 2. The van der Waals surface area contributed by atoms with Gasteiger partial charge < -0.3 is 20.1 Å². The second kappa shape index (κ2) is 9.07. The second-order valence-corrected chi connectivity index (χ2v) is 9.86. The molecule has 1 aliphatic carbocycles. The van der Waals surface area contributed by atoms with E-state index in [4.69, 9.17) is 9.47 Å². The fraction of sp³-hybridized carbons (Fsp3) is 0.632. The molecule has 3 aliphatic rings. The Kier molecular flexibility index (Phi) is 6.42. The lowest BCUT2D eigenvalue weighted by Gasteiger charge is -2.26. The Labute approximate surface area is 180 Å². The zero-order chi connectivity index (χ0) is 22.0. The van der Waals surface area contributed by atoms with Gasteiger partial charge in [0, 0.05) is 37.6 Å². The summed E-state index contributed by atoms with van der Waals surface area (Å²) in [4.78, 5) is 23.0. The van der Waals surface area contributed by atoms with Crippen molar-refractivity contribution in [3.8, 4) is 0 Å². The highest BCUT2D eigenvalue weighted by Crippen LogP contribution is 2.36. The Hall–Kier alpha value is -2.28. The van der Waals surface area contributed by atoms with Gasteiger partial charge in [0.05, 0.1) is 35.6 Å². The molecular formula is C19H26N4O7S. The summed E-state index contributed by atoms with van der Waals surface area (Å²) >= 11 is 0. The highest BCUT2D eigenvalue weighted by Gasteiger charge is 2.53. The second-order valence-electron chi connectivity index (χ2n) is 7.92. The van der Waals surface area contributed by atoms with Crippen LogP contribution in [-0.2, 0) is 24.3 Å². The minimum atomic E-state index is -3.76. The van der Waals surface area contributed by atoms with Gasteiger partial charge in [0.15, 0.2) is 0 Å². The van der Waals surface area contributed by atoms with Crippen LogP contribution >= 0.6 is 0 Å². The SMILES string of the molecule is O=C(Nc1cc(S(=O)(=O)N2CCOCC2)ccc1NCC1CCCO1)C1CC1[N+](=O)[O-]. The molecule has 2 aliphatic heterocycles. The van der Waals surface area contributed by atoms with Crippen LogP contribution in [0.1, 0.15) is 19.3 Å². The first-order valence-electron chi connectivity index (χ1n) is 10.4. The highest BCUT2D eigenvalue weighted by atomic mass is 32.2. The van der Waals surface area contributed by atoms with Crippen LogP contribution in [0.5, 0.6) is 0 Å². The summed E-state index contributed by atoms with van der Waals surface area (Å²) in [5, 5.41) is 16.8. The number of nitrogens with zero attached hydrogens (tertiary/aromatic N) is 2. The number of carbonyl (C=O) groups is 1. The standard InChI is InChI=1S/C19H26N4O7S/c24-19(15-11-18(15)23(25)26)21-17-10-14(31(27,28)22-5-8-29-9-6-22)3-4-16(17)20-12-13-2-1-7-30-13/h3-4,10,13,15,18,20H,1-2,5-9,11-12H2,(H,21,24). The van der Waals surface area contributed by atoms with Crippen LogP contribution in [0.25, 0.3) is 0 Å². The van der Waals surface area contributed by atoms with Crippen LogP contribution in [0.3, 0.4) is 0 Å². The van der Waals surface area contributed by atoms with E-state index in [1.807, 2.05) is 0 Å². The minimum absolute atomic E-state index is 0.0441. The van der Waals surface area contributed by atoms with Gasteiger partial charge in [0.2, 0.25) is 22.0 Å². The average Bonchev–Trinajstić information content (AvgIpc) is 3.42. The van der Waals surface area contributed by atoms with Gasteiger partial charge in [-0.1, -0.05) is 0 Å². The lowest BCUT2D eigenvalue weighted by atomic mass is 10.2. The zero-order valence-corrected chi connectivity index (χ0v) is 17.8. The predicted molar refractivity (Wildman–Crippen MR) is 111 cm³/mol. The lowest BCUT2D eigenvalue weighted by Crippen LogP contribution is -2.40. The molecule has 11 nitrogen and oxygen atoms in total. The first-order valence-corrected chi connectivity index (χ1v) is 11.8. The molecule has 1 aromatic carbocycles. The van der Waals surface area contributed by atoms with E-state index in [2.05, 4.69) is 10.6 Å². The number of rotatable bonds is 8. The van der Waals surface area contributed by atoms with Gasteiger partial charge in [-0.15, -0.1) is 0 Å². The molecule has 1 saturated carbocycles. The quantitative estimate of drug-likeness (QED) is 0.436. The molecule has 4 rings (SSSR count). The van der Waals surface area contributed by atoms with E-state index in [0.717, 1.165) is 12.8 Å². The summed E-state index contributed by atoms with van der Waals surface area (Å²) in [6.45, 7) is 2.39. The Morgan fingerprint density at radius 3 is 2.65 bits per heavy atom. The third kappa shape index (κ3) is 4.97. The molecule has 0 spiro atoms. The van der Waals surface area contributed by atoms with E-state index in [1.165, 1.54) is 16.4 Å². The largest absolute Gasteiger partial charge is 0.381 e.